The highest BCUT2D eigenvalue weighted by atomic mass is 35.5. The molecular weight excluding hydrogens is 470 g/mol. The van der Waals surface area contributed by atoms with E-state index in [9.17, 15) is 4.79 Å². The van der Waals surface area contributed by atoms with E-state index in [0.717, 1.165) is 22.6 Å². The Morgan fingerprint density at radius 1 is 1.06 bits per heavy atom. The summed E-state index contributed by atoms with van der Waals surface area (Å²) in [4.78, 5) is 12.4. The topological polar surface area (TPSA) is 81.4 Å². The monoisotopic (exact) mass is 491 g/mol. The molecule has 4 rings (SSSR count). The van der Waals surface area contributed by atoms with Crippen molar-refractivity contribution in [1.29, 1.82) is 0 Å². The first-order valence-electron chi connectivity index (χ1n) is 10.6. The van der Waals surface area contributed by atoms with Gasteiger partial charge in [0.05, 0.1) is 18.6 Å². The lowest BCUT2D eigenvalue weighted by molar-refractivity contribution is -0.118. The molecule has 1 heterocycles. The number of thioether (sulfide) groups is 1. The van der Waals surface area contributed by atoms with Gasteiger partial charge in [-0.15, -0.1) is 10.2 Å². The van der Waals surface area contributed by atoms with Gasteiger partial charge in [-0.25, -0.2) is 5.43 Å². The van der Waals surface area contributed by atoms with Gasteiger partial charge in [0.1, 0.15) is 5.75 Å². The summed E-state index contributed by atoms with van der Waals surface area (Å²) in [6.07, 6.45) is 1.51. The SMILES string of the molecule is CCOc1ccc(-n2c(SCC(=O)N/N=C/c3ccccc3Cl)nnc2-c2ccccc2)cc1. The molecule has 0 unspecified atom stereocenters. The van der Waals surface area contributed by atoms with Gasteiger partial charge in [0.15, 0.2) is 11.0 Å². The number of nitrogens with one attached hydrogen (secondary N) is 1. The summed E-state index contributed by atoms with van der Waals surface area (Å²) in [5.41, 5.74) is 5.04. The third kappa shape index (κ3) is 5.84. The number of benzene rings is 3. The number of carbonyl (C=O) groups is 1. The summed E-state index contributed by atoms with van der Waals surface area (Å²) >= 11 is 7.38. The smallest absolute Gasteiger partial charge is 0.250 e. The van der Waals surface area contributed by atoms with E-state index < -0.39 is 0 Å². The van der Waals surface area contributed by atoms with E-state index in [0.29, 0.717) is 22.6 Å². The van der Waals surface area contributed by atoms with Gasteiger partial charge < -0.3 is 4.74 Å². The van der Waals surface area contributed by atoms with Gasteiger partial charge in [-0.05, 0) is 37.3 Å². The number of hydrogen-bond acceptors (Lipinski definition) is 6. The van der Waals surface area contributed by atoms with Crippen molar-refractivity contribution in [3.63, 3.8) is 0 Å². The Hall–Kier alpha value is -3.62. The van der Waals surface area contributed by atoms with Crippen LogP contribution in [0.2, 0.25) is 5.02 Å². The van der Waals surface area contributed by atoms with Crippen molar-refractivity contribution in [2.45, 2.75) is 12.1 Å². The summed E-state index contributed by atoms with van der Waals surface area (Å²) in [5.74, 6) is 1.31. The van der Waals surface area contributed by atoms with E-state index in [-0.39, 0.29) is 11.7 Å². The van der Waals surface area contributed by atoms with Crippen molar-refractivity contribution in [3.8, 4) is 22.8 Å². The molecule has 7 nitrogen and oxygen atoms in total. The molecule has 1 N–H and O–H groups in total. The number of aromatic nitrogens is 3. The van der Waals surface area contributed by atoms with Crippen LogP contribution in [0, 0.1) is 0 Å². The number of carbonyl (C=O) groups excluding carboxylic acids is 1. The van der Waals surface area contributed by atoms with Gasteiger partial charge in [0.2, 0.25) is 0 Å². The maximum Gasteiger partial charge on any atom is 0.250 e. The second kappa shape index (κ2) is 11.5. The van der Waals surface area contributed by atoms with E-state index in [2.05, 4.69) is 20.7 Å². The van der Waals surface area contributed by atoms with E-state index in [1.54, 1.807) is 6.07 Å². The second-order valence-corrected chi connectivity index (χ2v) is 8.39. The molecule has 0 radical (unpaired) electrons. The normalized spacial score (nSPS) is 11.0. The van der Waals surface area contributed by atoms with Crippen LogP contribution in [-0.4, -0.2) is 39.2 Å². The second-order valence-electron chi connectivity index (χ2n) is 7.04. The molecule has 0 aliphatic rings. The van der Waals surface area contributed by atoms with Crippen molar-refractivity contribution >= 4 is 35.5 Å². The Kier molecular flexibility index (Phi) is 7.95. The van der Waals surface area contributed by atoms with Crippen LogP contribution in [0.25, 0.3) is 17.1 Å². The fraction of sp³-hybridized carbons (Fsp3) is 0.120. The molecule has 3 aromatic carbocycles. The molecule has 0 spiro atoms. The largest absolute Gasteiger partial charge is 0.494 e. The zero-order valence-electron chi connectivity index (χ0n) is 18.4. The Morgan fingerprint density at radius 2 is 1.79 bits per heavy atom. The first-order chi connectivity index (χ1) is 16.7. The fourth-order valence-electron chi connectivity index (χ4n) is 3.14. The number of halogens is 1. The molecule has 1 aromatic heterocycles. The Labute approximate surface area is 206 Å². The molecular formula is C25H22ClN5O2S. The van der Waals surface area contributed by atoms with Crippen molar-refractivity contribution in [2.75, 3.05) is 12.4 Å². The lowest BCUT2D eigenvalue weighted by atomic mass is 10.2. The Bertz CT molecular complexity index is 1280. The number of nitrogens with zero attached hydrogens (tertiary/aromatic N) is 4. The van der Waals surface area contributed by atoms with Crippen molar-refractivity contribution in [2.24, 2.45) is 5.10 Å². The highest BCUT2D eigenvalue weighted by molar-refractivity contribution is 7.99. The molecule has 0 saturated carbocycles. The maximum atomic E-state index is 12.4. The third-order valence-corrected chi connectivity index (χ3v) is 5.97. The molecule has 9 heteroatoms. The van der Waals surface area contributed by atoms with Crippen LogP contribution in [0.15, 0.2) is 89.1 Å². The first kappa shape index (κ1) is 23.5. The lowest BCUT2D eigenvalue weighted by Crippen LogP contribution is -2.20. The van der Waals surface area contributed by atoms with E-state index >= 15 is 0 Å². The summed E-state index contributed by atoms with van der Waals surface area (Å²) in [5, 5.41) is 13.9. The van der Waals surface area contributed by atoms with Gasteiger partial charge >= 0.3 is 0 Å². The van der Waals surface area contributed by atoms with E-state index in [4.69, 9.17) is 16.3 Å². The minimum absolute atomic E-state index is 0.115. The predicted octanol–water partition coefficient (Wildman–Crippen LogP) is 5.23. The standard InChI is InChI=1S/C25H22ClN5O2S/c1-2-33-21-14-12-20(13-15-21)31-24(18-8-4-3-5-9-18)29-30-25(31)34-17-23(32)28-27-16-19-10-6-7-11-22(19)26/h3-16H,2,17H2,1H3,(H,28,32)/b27-16+. The van der Waals surface area contributed by atoms with Crippen LogP contribution >= 0.6 is 23.4 Å². The molecule has 0 aliphatic carbocycles. The van der Waals surface area contributed by atoms with Gasteiger partial charge in [0.25, 0.3) is 5.91 Å². The highest BCUT2D eigenvalue weighted by Crippen LogP contribution is 2.28. The summed E-state index contributed by atoms with van der Waals surface area (Å²) < 4.78 is 7.49. The van der Waals surface area contributed by atoms with Crippen LogP contribution in [0.4, 0.5) is 0 Å². The number of hydrazone groups is 1. The Morgan fingerprint density at radius 3 is 2.53 bits per heavy atom. The predicted molar refractivity (Wildman–Crippen MR) is 136 cm³/mol. The average Bonchev–Trinajstić information content (AvgIpc) is 3.29. The minimum atomic E-state index is -0.268. The molecule has 0 saturated heterocycles. The van der Waals surface area contributed by atoms with Crippen LogP contribution < -0.4 is 10.2 Å². The number of rotatable bonds is 9. The number of ether oxygens (including phenoxy) is 1. The molecule has 1 amide bonds. The maximum absolute atomic E-state index is 12.4. The van der Waals surface area contributed by atoms with Crippen LogP contribution in [-0.2, 0) is 4.79 Å². The van der Waals surface area contributed by atoms with Crippen LogP contribution in [0.1, 0.15) is 12.5 Å². The van der Waals surface area contributed by atoms with Crippen molar-refractivity contribution < 1.29 is 9.53 Å². The molecule has 172 valence electrons. The molecule has 4 aromatic rings. The van der Waals surface area contributed by atoms with E-state index in [1.165, 1.54) is 18.0 Å². The summed E-state index contributed by atoms with van der Waals surface area (Å²) in [6, 6.07) is 24.7. The zero-order chi connectivity index (χ0) is 23.8. The molecule has 0 fully saturated rings. The van der Waals surface area contributed by atoms with Crippen molar-refractivity contribution in [1.82, 2.24) is 20.2 Å². The quantitative estimate of drug-likeness (QED) is 0.197. The Balaban J connectivity index is 1.51. The summed E-state index contributed by atoms with van der Waals surface area (Å²) in [7, 11) is 0. The van der Waals surface area contributed by atoms with Crippen LogP contribution in [0.5, 0.6) is 5.75 Å². The summed E-state index contributed by atoms with van der Waals surface area (Å²) in [6.45, 7) is 2.54. The lowest BCUT2D eigenvalue weighted by Gasteiger charge is -2.11. The van der Waals surface area contributed by atoms with E-state index in [1.807, 2.05) is 84.3 Å². The highest BCUT2D eigenvalue weighted by Gasteiger charge is 2.17. The average molecular weight is 492 g/mol. The molecule has 0 aliphatic heterocycles. The van der Waals surface area contributed by atoms with Crippen LogP contribution in [0.3, 0.4) is 0 Å². The zero-order valence-corrected chi connectivity index (χ0v) is 20.0. The minimum Gasteiger partial charge on any atom is -0.494 e. The van der Waals surface area contributed by atoms with Gasteiger partial charge in [-0.3, -0.25) is 9.36 Å². The number of hydrogen-bond donors (Lipinski definition) is 1. The van der Waals surface area contributed by atoms with Gasteiger partial charge in [0, 0.05) is 21.8 Å². The van der Waals surface area contributed by atoms with Gasteiger partial charge in [-0.1, -0.05) is 71.9 Å². The van der Waals surface area contributed by atoms with Gasteiger partial charge in [-0.2, -0.15) is 5.10 Å². The fourth-order valence-corrected chi connectivity index (χ4v) is 4.07. The van der Waals surface area contributed by atoms with Crippen molar-refractivity contribution in [3.05, 3.63) is 89.4 Å². The number of amides is 1. The third-order valence-electron chi connectivity index (χ3n) is 4.70. The molecule has 0 atom stereocenters. The first-order valence-corrected chi connectivity index (χ1v) is 12.0. The molecule has 0 bridgehead atoms. The molecule has 34 heavy (non-hydrogen) atoms.